The second kappa shape index (κ2) is 6.33. The van der Waals surface area contributed by atoms with Gasteiger partial charge in [0.15, 0.2) is 0 Å². The molecule has 0 amide bonds. The summed E-state index contributed by atoms with van der Waals surface area (Å²) in [4.78, 5) is 2.86. The first-order valence-corrected chi connectivity index (χ1v) is 8.91. The predicted molar refractivity (Wildman–Crippen MR) is 92.3 cm³/mol. The summed E-state index contributed by atoms with van der Waals surface area (Å²) in [7, 11) is 0. The minimum absolute atomic E-state index is 0.336. The van der Waals surface area contributed by atoms with Crippen molar-refractivity contribution in [3.05, 3.63) is 56.8 Å². The first kappa shape index (κ1) is 14.8. The Morgan fingerprint density at radius 2 is 1.90 bits per heavy atom. The van der Waals surface area contributed by atoms with E-state index in [1.807, 2.05) is 11.3 Å². The summed E-state index contributed by atoms with van der Waals surface area (Å²) in [6.45, 7) is 7.60. The summed E-state index contributed by atoms with van der Waals surface area (Å²) in [5, 5.41) is 3.64. The zero-order chi connectivity index (χ0) is 14.8. The van der Waals surface area contributed by atoms with Gasteiger partial charge >= 0.3 is 0 Å². The number of rotatable bonds is 5. The average Bonchev–Trinajstić information content (AvgIpc) is 2.75. The van der Waals surface area contributed by atoms with Crippen LogP contribution in [-0.4, -0.2) is 6.54 Å². The number of aryl methyl sites for hydroxylation is 2. The van der Waals surface area contributed by atoms with Gasteiger partial charge in [0.25, 0.3) is 0 Å². The summed E-state index contributed by atoms with van der Waals surface area (Å²) in [5.41, 5.74) is 4.32. The fraction of sp³-hybridized carbons (Fsp3) is 0.474. The van der Waals surface area contributed by atoms with Gasteiger partial charge in [0.1, 0.15) is 0 Å². The van der Waals surface area contributed by atoms with Crippen molar-refractivity contribution >= 4 is 11.3 Å². The summed E-state index contributed by atoms with van der Waals surface area (Å²) in [5.74, 6) is 0.822. The standard InChI is InChI=1S/C19H25NS/c1-4-20-19(18-12-13(2)14(3)21-18)17-10-8-16(9-11-17)15-6-5-7-15/h8-12,15,19-20H,4-7H2,1-3H3. The number of nitrogens with one attached hydrogen (secondary N) is 1. The Labute approximate surface area is 132 Å². The van der Waals surface area contributed by atoms with Crippen LogP contribution in [0.1, 0.15) is 64.6 Å². The normalized spacial score (nSPS) is 16.7. The zero-order valence-electron chi connectivity index (χ0n) is 13.3. The van der Waals surface area contributed by atoms with Gasteiger partial charge in [0.2, 0.25) is 0 Å². The molecule has 1 fully saturated rings. The Morgan fingerprint density at radius 3 is 2.38 bits per heavy atom. The van der Waals surface area contributed by atoms with Crippen molar-refractivity contribution in [2.24, 2.45) is 0 Å². The second-order valence-corrected chi connectivity index (χ2v) is 7.46. The first-order chi connectivity index (χ1) is 10.2. The molecule has 1 aliphatic rings. The minimum atomic E-state index is 0.336. The number of hydrogen-bond acceptors (Lipinski definition) is 2. The molecular weight excluding hydrogens is 274 g/mol. The van der Waals surface area contributed by atoms with E-state index in [-0.39, 0.29) is 0 Å². The second-order valence-electron chi connectivity index (χ2n) is 6.17. The molecule has 1 saturated carbocycles. The van der Waals surface area contributed by atoms with Crippen LogP contribution in [0, 0.1) is 13.8 Å². The highest BCUT2D eigenvalue weighted by atomic mass is 32.1. The number of thiophene rings is 1. The molecule has 21 heavy (non-hydrogen) atoms. The maximum absolute atomic E-state index is 3.64. The smallest absolute Gasteiger partial charge is 0.0671 e. The van der Waals surface area contributed by atoms with E-state index < -0.39 is 0 Å². The molecule has 1 nitrogen and oxygen atoms in total. The van der Waals surface area contributed by atoms with E-state index in [1.54, 1.807) is 0 Å². The van der Waals surface area contributed by atoms with Crippen LogP contribution in [-0.2, 0) is 0 Å². The summed E-state index contributed by atoms with van der Waals surface area (Å²) >= 11 is 1.92. The molecule has 1 aromatic carbocycles. The highest BCUT2D eigenvalue weighted by Gasteiger charge is 2.20. The number of benzene rings is 1. The fourth-order valence-corrected chi connectivity index (χ4v) is 4.18. The molecule has 112 valence electrons. The van der Waals surface area contributed by atoms with Crippen molar-refractivity contribution in [2.75, 3.05) is 6.54 Å². The van der Waals surface area contributed by atoms with Crippen LogP contribution in [0.2, 0.25) is 0 Å². The highest BCUT2D eigenvalue weighted by Crippen LogP contribution is 2.37. The van der Waals surface area contributed by atoms with Gasteiger partial charge in [-0.05, 0) is 61.9 Å². The Hall–Kier alpha value is -1.12. The molecule has 0 spiro atoms. The van der Waals surface area contributed by atoms with Crippen LogP contribution in [0.15, 0.2) is 30.3 Å². The topological polar surface area (TPSA) is 12.0 Å². The van der Waals surface area contributed by atoms with E-state index in [0.717, 1.165) is 12.5 Å². The lowest BCUT2D eigenvalue weighted by Crippen LogP contribution is -2.21. The maximum atomic E-state index is 3.64. The van der Waals surface area contributed by atoms with Crippen molar-refractivity contribution in [3.63, 3.8) is 0 Å². The zero-order valence-corrected chi connectivity index (χ0v) is 14.1. The van der Waals surface area contributed by atoms with Gasteiger partial charge < -0.3 is 5.32 Å². The minimum Gasteiger partial charge on any atom is -0.306 e. The molecule has 3 rings (SSSR count). The molecule has 0 radical (unpaired) electrons. The molecule has 1 N–H and O–H groups in total. The monoisotopic (exact) mass is 299 g/mol. The first-order valence-electron chi connectivity index (χ1n) is 8.09. The van der Waals surface area contributed by atoms with Crippen LogP contribution in [0.25, 0.3) is 0 Å². The Kier molecular flexibility index (Phi) is 4.46. The van der Waals surface area contributed by atoms with Crippen molar-refractivity contribution in [3.8, 4) is 0 Å². The molecule has 1 heterocycles. The van der Waals surface area contributed by atoms with Crippen LogP contribution < -0.4 is 5.32 Å². The van der Waals surface area contributed by atoms with Crippen LogP contribution in [0.4, 0.5) is 0 Å². The van der Waals surface area contributed by atoms with Crippen molar-refractivity contribution in [1.82, 2.24) is 5.32 Å². The van der Waals surface area contributed by atoms with Gasteiger partial charge in [-0.15, -0.1) is 11.3 Å². The maximum Gasteiger partial charge on any atom is 0.0671 e. The molecule has 2 heteroatoms. The lowest BCUT2D eigenvalue weighted by atomic mass is 9.80. The Bertz CT molecular complexity index is 573. The molecule has 0 saturated heterocycles. The average molecular weight is 299 g/mol. The van der Waals surface area contributed by atoms with E-state index in [0.29, 0.717) is 6.04 Å². The number of hydrogen-bond donors (Lipinski definition) is 1. The molecule has 0 aliphatic heterocycles. The summed E-state index contributed by atoms with van der Waals surface area (Å²) in [6.07, 6.45) is 4.15. The van der Waals surface area contributed by atoms with Gasteiger partial charge in [-0.3, -0.25) is 0 Å². The van der Waals surface area contributed by atoms with Gasteiger partial charge in [-0.1, -0.05) is 37.6 Å². The molecule has 1 atom stereocenters. The largest absolute Gasteiger partial charge is 0.306 e. The lowest BCUT2D eigenvalue weighted by Gasteiger charge is -2.26. The van der Waals surface area contributed by atoms with E-state index in [4.69, 9.17) is 0 Å². The summed E-state index contributed by atoms with van der Waals surface area (Å²) in [6, 6.07) is 12.0. The van der Waals surface area contributed by atoms with E-state index >= 15 is 0 Å². The van der Waals surface area contributed by atoms with Crippen LogP contribution >= 0.6 is 11.3 Å². The van der Waals surface area contributed by atoms with Crippen molar-refractivity contribution in [1.29, 1.82) is 0 Å². The third kappa shape index (κ3) is 3.07. The molecule has 0 bridgehead atoms. The third-order valence-corrected chi connectivity index (χ3v) is 5.94. The highest BCUT2D eigenvalue weighted by molar-refractivity contribution is 7.12. The van der Waals surface area contributed by atoms with E-state index in [2.05, 4.69) is 56.4 Å². The van der Waals surface area contributed by atoms with E-state index in [9.17, 15) is 0 Å². The van der Waals surface area contributed by atoms with Gasteiger partial charge in [-0.2, -0.15) is 0 Å². The van der Waals surface area contributed by atoms with Gasteiger partial charge in [-0.25, -0.2) is 0 Å². The molecular formula is C19H25NS. The van der Waals surface area contributed by atoms with Gasteiger partial charge in [0, 0.05) is 9.75 Å². The van der Waals surface area contributed by atoms with Gasteiger partial charge in [0.05, 0.1) is 6.04 Å². The van der Waals surface area contributed by atoms with Crippen LogP contribution in [0.3, 0.4) is 0 Å². The molecule has 1 unspecified atom stereocenters. The third-order valence-electron chi connectivity index (χ3n) is 4.72. The fourth-order valence-electron chi connectivity index (χ4n) is 3.03. The molecule has 1 aromatic heterocycles. The Morgan fingerprint density at radius 1 is 1.19 bits per heavy atom. The lowest BCUT2D eigenvalue weighted by molar-refractivity contribution is 0.419. The summed E-state index contributed by atoms with van der Waals surface area (Å²) < 4.78 is 0. The molecule has 1 aliphatic carbocycles. The van der Waals surface area contributed by atoms with E-state index in [1.165, 1.54) is 45.7 Å². The quantitative estimate of drug-likeness (QED) is 0.786. The molecule has 2 aromatic rings. The van der Waals surface area contributed by atoms with Crippen molar-refractivity contribution < 1.29 is 0 Å². The SMILES string of the molecule is CCNC(c1ccc(C2CCC2)cc1)c1cc(C)c(C)s1. The van der Waals surface area contributed by atoms with Crippen molar-refractivity contribution in [2.45, 2.75) is 52.0 Å². The Balaban J connectivity index is 1.85. The predicted octanol–water partition coefficient (Wildman–Crippen LogP) is 5.33. The van der Waals surface area contributed by atoms with Crippen LogP contribution in [0.5, 0.6) is 0 Å².